The van der Waals surface area contributed by atoms with E-state index in [1.54, 1.807) is 13.1 Å². The molecule has 0 spiro atoms. The summed E-state index contributed by atoms with van der Waals surface area (Å²) in [6.45, 7) is 1.78. The number of hydrogen-bond acceptors (Lipinski definition) is 3. The molecule has 94 valence electrons. The Morgan fingerprint density at radius 3 is 2.94 bits per heavy atom. The van der Waals surface area contributed by atoms with Gasteiger partial charge in [0.1, 0.15) is 11.6 Å². The molecule has 3 nitrogen and oxygen atoms in total. The van der Waals surface area contributed by atoms with Crippen molar-refractivity contribution in [2.24, 2.45) is 0 Å². The lowest BCUT2D eigenvalue weighted by atomic mass is 10.1. The van der Waals surface area contributed by atoms with Crippen LogP contribution in [0.1, 0.15) is 13.3 Å². The van der Waals surface area contributed by atoms with Crippen LogP contribution in [0, 0.1) is 5.82 Å². The molecule has 0 atom stereocenters. The number of dihydropyridines is 1. The lowest BCUT2D eigenvalue weighted by Crippen LogP contribution is -2.19. The summed E-state index contributed by atoms with van der Waals surface area (Å²) in [6.07, 6.45) is 4.07. The molecule has 5 heteroatoms. The molecule has 1 aromatic carbocycles. The predicted octanol–water partition coefficient (Wildman–Crippen LogP) is 3.17. The number of rotatable bonds is 2. The monoisotopic (exact) mass is 267 g/mol. The fourth-order valence-corrected chi connectivity index (χ4v) is 1.76. The van der Waals surface area contributed by atoms with Gasteiger partial charge in [0.25, 0.3) is 0 Å². The van der Waals surface area contributed by atoms with E-state index in [2.05, 4.69) is 5.32 Å². The Hall–Kier alpha value is -1.81. The third-order valence-corrected chi connectivity index (χ3v) is 2.83. The lowest BCUT2D eigenvalue weighted by Gasteiger charge is -2.14. The van der Waals surface area contributed by atoms with E-state index in [0.29, 0.717) is 12.0 Å². The predicted molar refractivity (Wildman–Crippen MR) is 66.6 cm³/mol. The molecule has 0 unspecified atom stereocenters. The van der Waals surface area contributed by atoms with Crippen molar-refractivity contribution in [2.45, 2.75) is 13.3 Å². The second-order valence-corrected chi connectivity index (χ2v) is 4.23. The molecule has 1 aliphatic heterocycles. The fraction of sp³-hybridized carbons (Fsp3) is 0.154. The molecule has 0 saturated carbocycles. The van der Waals surface area contributed by atoms with Crippen molar-refractivity contribution in [3.05, 3.63) is 52.6 Å². The van der Waals surface area contributed by atoms with Gasteiger partial charge in [0.2, 0.25) is 0 Å². The molecule has 0 bridgehead atoms. The van der Waals surface area contributed by atoms with Gasteiger partial charge in [-0.15, -0.1) is 0 Å². The van der Waals surface area contributed by atoms with Crippen molar-refractivity contribution in [3.63, 3.8) is 0 Å². The van der Waals surface area contributed by atoms with E-state index in [-0.39, 0.29) is 10.8 Å². The minimum absolute atomic E-state index is 0.0703. The molecule has 0 amide bonds. The number of nitrogens with one attached hydrogen (secondary N) is 1. The van der Waals surface area contributed by atoms with Crippen molar-refractivity contribution in [1.82, 2.24) is 5.32 Å². The van der Waals surface area contributed by atoms with Gasteiger partial charge in [-0.2, -0.15) is 0 Å². The van der Waals surface area contributed by atoms with E-state index in [0.717, 1.165) is 11.8 Å². The largest absolute Gasteiger partial charge is 0.422 e. The molecule has 1 aliphatic rings. The lowest BCUT2D eigenvalue weighted by molar-refractivity contribution is -0.130. The molecule has 0 aliphatic carbocycles. The Labute approximate surface area is 109 Å². The van der Waals surface area contributed by atoms with E-state index < -0.39 is 11.8 Å². The van der Waals surface area contributed by atoms with E-state index in [9.17, 15) is 9.18 Å². The molecule has 1 N–H and O–H groups in total. The average Bonchev–Trinajstić information content (AvgIpc) is 2.33. The fourth-order valence-electron chi connectivity index (χ4n) is 1.56. The van der Waals surface area contributed by atoms with Crippen LogP contribution in [0.4, 0.5) is 4.39 Å². The molecular weight excluding hydrogens is 257 g/mol. The summed E-state index contributed by atoms with van der Waals surface area (Å²) >= 11 is 5.79. The first-order chi connectivity index (χ1) is 8.58. The van der Waals surface area contributed by atoms with Crippen molar-refractivity contribution >= 4 is 17.6 Å². The maximum Gasteiger partial charge on any atom is 0.341 e. The van der Waals surface area contributed by atoms with Crippen molar-refractivity contribution in [1.29, 1.82) is 0 Å². The maximum absolute atomic E-state index is 12.8. The van der Waals surface area contributed by atoms with Crippen LogP contribution in [0.25, 0.3) is 0 Å². The van der Waals surface area contributed by atoms with Crippen LogP contribution in [-0.2, 0) is 4.79 Å². The summed E-state index contributed by atoms with van der Waals surface area (Å²) in [5.41, 5.74) is 1.26. The summed E-state index contributed by atoms with van der Waals surface area (Å²) < 4.78 is 18.0. The van der Waals surface area contributed by atoms with Crippen molar-refractivity contribution < 1.29 is 13.9 Å². The van der Waals surface area contributed by atoms with E-state index in [1.807, 2.05) is 6.08 Å². The Bertz CT molecular complexity index is 552. The topological polar surface area (TPSA) is 38.3 Å². The van der Waals surface area contributed by atoms with E-state index in [4.69, 9.17) is 16.3 Å². The summed E-state index contributed by atoms with van der Waals surface area (Å²) in [7, 11) is 0. The Kier molecular flexibility index (Phi) is 3.67. The quantitative estimate of drug-likeness (QED) is 0.661. The van der Waals surface area contributed by atoms with Gasteiger partial charge in [0, 0.05) is 12.1 Å². The Morgan fingerprint density at radius 2 is 2.28 bits per heavy atom. The number of esters is 1. The molecule has 1 aromatic rings. The summed E-state index contributed by atoms with van der Waals surface area (Å²) in [5.74, 6) is -0.812. The van der Waals surface area contributed by atoms with E-state index in [1.165, 1.54) is 12.1 Å². The third-order valence-electron chi connectivity index (χ3n) is 2.54. The second kappa shape index (κ2) is 5.23. The average molecular weight is 268 g/mol. The van der Waals surface area contributed by atoms with Gasteiger partial charge in [-0.25, -0.2) is 9.18 Å². The van der Waals surface area contributed by atoms with Gasteiger partial charge in [-0.3, -0.25) is 0 Å². The van der Waals surface area contributed by atoms with Crippen LogP contribution in [0.2, 0.25) is 5.02 Å². The van der Waals surface area contributed by atoms with Crippen LogP contribution < -0.4 is 10.1 Å². The zero-order chi connectivity index (χ0) is 13.1. The molecule has 0 fully saturated rings. The first kappa shape index (κ1) is 12.6. The highest BCUT2D eigenvalue weighted by Gasteiger charge is 2.17. The summed E-state index contributed by atoms with van der Waals surface area (Å²) in [4.78, 5) is 11.9. The number of carbonyl (C=O) groups excluding carboxylic acids is 1. The summed E-state index contributed by atoms with van der Waals surface area (Å²) in [5, 5.41) is 3.00. The molecule has 1 heterocycles. The number of allylic oxidation sites excluding steroid dienone is 2. The zero-order valence-corrected chi connectivity index (χ0v) is 10.4. The van der Waals surface area contributed by atoms with Gasteiger partial charge >= 0.3 is 5.97 Å². The van der Waals surface area contributed by atoms with Crippen LogP contribution in [0.15, 0.2) is 41.7 Å². The number of ether oxygens (including phenoxy) is 1. The van der Waals surface area contributed by atoms with Crippen LogP contribution >= 0.6 is 11.6 Å². The minimum atomic E-state index is -0.488. The number of hydrogen-bond donors (Lipinski definition) is 1. The Morgan fingerprint density at radius 1 is 1.50 bits per heavy atom. The highest BCUT2D eigenvalue weighted by Crippen LogP contribution is 2.26. The third kappa shape index (κ3) is 2.71. The number of carbonyl (C=O) groups is 1. The van der Waals surface area contributed by atoms with Crippen LogP contribution in [0.3, 0.4) is 0 Å². The van der Waals surface area contributed by atoms with Crippen LogP contribution in [0.5, 0.6) is 5.75 Å². The van der Waals surface area contributed by atoms with Gasteiger partial charge in [-0.05, 0) is 31.3 Å². The second-order valence-electron chi connectivity index (χ2n) is 3.82. The minimum Gasteiger partial charge on any atom is -0.422 e. The molecule has 0 radical (unpaired) electrons. The molecule has 0 aromatic heterocycles. The first-order valence-electron chi connectivity index (χ1n) is 5.36. The standard InChI is InChI=1S/C13H11ClFNO2/c1-8-10(3-2-6-16-8)13(17)18-12-5-4-9(15)7-11(12)14/h2,4-7,16H,3H2,1H3. The van der Waals surface area contributed by atoms with Crippen molar-refractivity contribution in [2.75, 3.05) is 0 Å². The zero-order valence-electron chi connectivity index (χ0n) is 9.67. The molecule has 18 heavy (non-hydrogen) atoms. The first-order valence-corrected chi connectivity index (χ1v) is 5.74. The maximum atomic E-state index is 12.8. The number of benzene rings is 1. The van der Waals surface area contributed by atoms with Gasteiger partial charge in [0.05, 0.1) is 10.6 Å². The van der Waals surface area contributed by atoms with Gasteiger partial charge in [-0.1, -0.05) is 17.7 Å². The highest BCUT2D eigenvalue weighted by atomic mass is 35.5. The van der Waals surface area contributed by atoms with Crippen molar-refractivity contribution in [3.8, 4) is 5.75 Å². The highest BCUT2D eigenvalue weighted by molar-refractivity contribution is 6.32. The van der Waals surface area contributed by atoms with Crippen LogP contribution in [-0.4, -0.2) is 5.97 Å². The summed E-state index contributed by atoms with van der Waals surface area (Å²) in [6, 6.07) is 3.62. The smallest absolute Gasteiger partial charge is 0.341 e. The molecule has 0 saturated heterocycles. The molecule has 2 rings (SSSR count). The van der Waals surface area contributed by atoms with E-state index >= 15 is 0 Å². The Balaban J connectivity index is 2.16. The SMILES string of the molecule is CC1=C(C(=O)Oc2ccc(F)cc2Cl)CC=CN1. The number of halogens is 2. The normalized spacial score (nSPS) is 14.4. The van der Waals surface area contributed by atoms with Gasteiger partial charge < -0.3 is 10.1 Å². The van der Waals surface area contributed by atoms with Gasteiger partial charge in [0.15, 0.2) is 0 Å². The molecular formula is C13H11ClFNO2.